The Bertz CT molecular complexity index is 736. The highest BCUT2D eigenvalue weighted by Crippen LogP contribution is 2.43. The maximum absolute atomic E-state index is 6.24. The maximum Gasteiger partial charge on any atom is 0.245 e. The number of hydrogen-bond donors (Lipinski definition) is 0. The number of rotatable bonds is 5. The van der Waals surface area contributed by atoms with Gasteiger partial charge < -0.3 is 13.6 Å². The van der Waals surface area contributed by atoms with E-state index in [0.29, 0.717) is 23.8 Å². The predicted molar refractivity (Wildman–Crippen MR) is 90.0 cm³/mol. The molecule has 4 heterocycles. The summed E-state index contributed by atoms with van der Waals surface area (Å²) >= 11 is 0. The molecule has 2 aromatic rings. The molecule has 1 aliphatic carbocycles. The third kappa shape index (κ3) is 3.13. The third-order valence-corrected chi connectivity index (χ3v) is 5.71. The summed E-state index contributed by atoms with van der Waals surface area (Å²) in [6.07, 6.45) is 5.65. The van der Waals surface area contributed by atoms with Crippen molar-refractivity contribution in [3.63, 3.8) is 0 Å². The molecule has 0 aromatic carbocycles. The second-order valence-electron chi connectivity index (χ2n) is 7.66. The van der Waals surface area contributed by atoms with E-state index in [4.69, 9.17) is 13.6 Å². The Kier molecular flexibility index (Phi) is 3.90. The van der Waals surface area contributed by atoms with E-state index in [1.165, 1.54) is 12.8 Å². The van der Waals surface area contributed by atoms with Gasteiger partial charge in [0.05, 0.1) is 12.6 Å². The van der Waals surface area contributed by atoms with Gasteiger partial charge in [0.15, 0.2) is 0 Å². The van der Waals surface area contributed by atoms with Crippen molar-refractivity contribution in [2.24, 2.45) is 5.92 Å². The Hall–Kier alpha value is -1.66. The number of furan rings is 1. The molecule has 5 rings (SSSR count). The molecule has 0 spiro atoms. The largest absolute Gasteiger partial charge is 0.465 e. The number of hydrogen-bond acceptors (Lipinski definition) is 6. The first-order valence-electron chi connectivity index (χ1n) is 9.57. The lowest BCUT2D eigenvalue weighted by Crippen LogP contribution is -2.40. The number of piperidine rings is 1. The molecule has 0 N–H and O–H groups in total. The maximum atomic E-state index is 6.24. The number of likely N-dealkylation sites (tertiary alicyclic amines) is 1. The Balaban J connectivity index is 1.21. The van der Waals surface area contributed by atoms with Crippen LogP contribution in [0.4, 0.5) is 0 Å². The molecule has 25 heavy (non-hydrogen) atoms. The second kappa shape index (κ2) is 6.25. The average Bonchev–Trinajstić information content (AvgIpc) is 3.04. The van der Waals surface area contributed by atoms with Crippen LogP contribution in [0.3, 0.4) is 0 Å². The highest BCUT2D eigenvalue weighted by atomic mass is 16.5. The van der Waals surface area contributed by atoms with Crippen LogP contribution in [0.1, 0.15) is 67.9 Å². The summed E-state index contributed by atoms with van der Waals surface area (Å²) in [5, 5.41) is 8.45. The van der Waals surface area contributed by atoms with Crippen LogP contribution in [0.5, 0.6) is 0 Å². The molecule has 2 aliphatic heterocycles. The lowest BCUT2D eigenvalue weighted by Gasteiger charge is -2.33. The standard InChI is InChI=1S/C19H25N3O3/c1-2-14-5-6-15(23-14)11-22-8-7-16-13(10-22)9-17(24-16)19-21-20-18(25-19)12-3-4-12/h5-6,12-13,16-17H,2-4,7-11H2,1H3/t13-,16-,17+/m0/s1. The fourth-order valence-electron chi connectivity index (χ4n) is 4.13. The van der Waals surface area contributed by atoms with Crippen LogP contribution in [-0.4, -0.2) is 34.3 Å². The molecule has 0 radical (unpaired) electrons. The summed E-state index contributed by atoms with van der Waals surface area (Å²) in [6, 6.07) is 4.19. The molecule has 0 unspecified atom stereocenters. The predicted octanol–water partition coefficient (Wildman–Crippen LogP) is 3.45. The molecule has 6 nitrogen and oxygen atoms in total. The molecule has 2 aromatic heterocycles. The first-order chi connectivity index (χ1) is 12.3. The van der Waals surface area contributed by atoms with Crippen LogP contribution in [0, 0.1) is 5.92 Å². The van der Waals surface area contributed by atoms with Crippen LogP contribution < -0.4 is 0 Å². The lowest BCUT2D eigenvalue weighted by atomic mass is 9.93. The number of aromatic nitrogens is 2. The molecule has 0 bridgehead atoms. The van der Waals surface area contributed by atoms with Gasteiger partial charge in [-0.1, -0.05) is 6.92 Å². The number of aryl methyl sites for hydroxylation is 1. The highest BCUT2D eigenvalue weighted by Gasteiger charge is 2.42. The zero-order valence-electron chi connectivity index (χ0n) is 14.7. The molecule has 3 atom stereocenters. The van der Waals surface area contributed by atoms with E-state index in [1.54, 1.807) is 0 Å². The zero-order chi connectivity index (χ0) is 16.8. The quantitative estimate of drug-likeness (QED) is 0.828. The summed E-state index contributed by atoms with van der Waals surface area (Å²) in [7, 11) is 0. The van der Waals surface area contributed by atoms with E-state index < -0.39 is 0 Å². The molecule has 0 amide bonds. The molecule has 2 saturated heterocycles. The summed E-state index contributed by atoms with van der Waals surface area (Å²) in [5.74, 6) is 4.66. The molecular formula is C19H25N3O3. The van der Waals surface area contributed by atoms with Crippen molar-refractivity contribution in [2.75, 3.05) is 13.1 Å². The minimum absolute atomic E-state index is 0.0229. The first-order valence-corrected chi connectivity index (χ1v) is 9.57. The minimum Gasteiger partial charge on any atom is -0.465 e. The Morgan fingerprint density at radius 3 is 2.72 bits per heavy atom. The molecule has 3 fully saturated rings. The van der Waals surface area contributed by atoms with Gasteiger partial charge in [-0.15, -0.1) is 10.2 Å². The Morgan fingerprint density at radius 1 is 1.08 bits per heavy atom. The summed E-state index contributed by atoms with van der Waals surface area (Å²) in [5.41, 5.74) is 0. The van der Waals surface area contributed by atoms with Crippen LogP contribution >= 0.6 is 0 Å². The van der Waals surface area contributed by atoms with Gasteiger partial charge in [-0.05, 0) is 37.8 Å². The van der Waals surface area contributed by atoms with Crippen molar-refractivity contribution in [2.45, 2.75) is 63.7 Å². The van der Waals surface area contributed by atoms with Crippen molar-refractivity contribution in [1.29, 1.82) is 0 Å². The summed E-state index contributed by atoms with van der Waals surface area (Å²) in [6.45, 7) is 5.11. The van der Waals surface area contributed by atoms with E-state index in [-0.39, 0.29) is 6.10 Å². The van der Waals surface area contributed by atoms with Crippen molar-refractivity contribution in [3.8, 4) is 0 Å². The Labute approximate surface area is 147 Å². The normalized spacial score (nSPS) is 29.9. The van der Waals surface area contributed by atoms with Crippen LogP contribution in [0.25, 0.3) is 0 Å². The minimum atomic E-state index is -0.0229. The molecule has 6 heteroatoms. The van der Waals surface area contributed by atoms with E-state index in [9.17, 15) is 0 Å². The average molecular weight is 343 g/mol. The Morgan fingerprint density at radius 2 is 1.92 bits per heavy atom. The lowest BCUT2D eigenvalue weighted by molar-refractivity contribution is -0.0107. The number of fused-ring (bicyclic) bond motifs is 1. The van der Waals surface area contributed by atoms with Gasteiger partial charge in [-0.25, -0.2) is 0 Å². The van der Waals surface area contributed by atoms with Crippen molar-refractivity contribution >= 4 is 0 Å². The van der Waals surface area contributed by atoms with Gasteiger partial charge >= 0.3 is 0 Å². The van der Waals surface area contributed by atoms with Crippen LogP contribution in [0.2, 0.25) is 0 Å². The molecule has 3 aliphatic rings. The van der Waals surface area contributed by atoms with Gasteiger partial charge in [0.25, 0.3) is 0 Å². The smallest absolute Gasteiger partial charge is 0.245 e. The van der Waals surface area contributed by atoms with E-state index in [1.807, 2.05) is 0 Å². The number of nitrogens with zero attached hydrogens (tertiary/aromatic N) is 3. The van der Waals surface area contributed by atoms with Gasteiger partial charge in [0.2, 0.25) is 11.8 Å². The zero-order valence-corrected chi connectivity index (χ0v) is 14.7. The molecule has 1 saturated carbocycles. The van der Waals surface area contributed by atoms with Crippen molar-refractivity contribution in [1.82, 2.24) is 15.1 Å². The summed E-state index contributed by atoms with van der Waals surface area (Å²) < 4.78 is 18.0. The first kappa shape index (κ1) is 15.6. The monoisotopic (exact) mass is 343 g/mol. The van der Waals surface area contributed by atoms with Gasteiger partial charge in [0, 0.05) is 31.3 Å². The SMILES string of the molecule is CCc1ccc(CN2CC[C@@H]3O[C@@H](c4nnc(C5CC5)o4)C[C@H]3C2)o1. The fourth-order valence-corrected chi connectivity index (χ4v) is 4.13. The van der Waals surface area contributed by atoms with Gasteiger partial charge in [-0.2, -0.15) is 0 Å². The van der Waals surface area contributed by atoms with Crippen molar-refractivity contribution < 1.29 is 13.6 Å². The molecular weight excluding hydrogens is 318 g/mol. The van der Waals surface area contributed by atoms with E-state index in [2.05, 4.69) is 34.2 Å². The van der Waals surface area contributed by atoms with Crippen molar-refractivity contribution in [3.05, 3.63) is 35.4 Å². The number of ether oxygens (including phenoxy) is 1. The van der Waals surface area contributed by atoms with E-state index >= 15 is 0 Å². The highest BCUT2D eigenvalue weighted by molar-refractivity contribution is 5.07. The van der Waals surface area contributed by atoms with Gasteiger partial charge in [0.1, 0.15) is 17.6 Å². The third-order valence-electron chi connectivity index (χ3n) is 5.71. The van der Waals surface area contributed by atoms with Crippen LogP contribution in [0.15, 0.2) is 21.0 Å². The fraction of sp³-hybridized carbons (Fsp3) is 0.684. The van der Waals surface area contributed by atoms with E-state index in [0.717, 1.165) is 56.3 Å². The van der Waals surface area contributed by atoms with Crippen LogP contribution in [-0.2, 0) is 17.7 Å². The topological polar surface area (TPSA) is 64.5 Å². The second-order valence-corrected chi connectivity index (χ2v) is 7.66. The van der Waals surface area contributed by atoms with Gasteiger partial charge in [-0.3, -0.25) is 4.90 Å². The molecule has 134 valence electrons. The summed E-state index contributed by atoms with van der Waals surface area (Å²) in [4.78, 5) is 2.48.